The first-order valence-corrected chi connectivity index (χ1v) is 7.03. The minimum atomic E-state index is -0.214. The van der Waals surface area contributed by atoms with E-state index in [2.05, 4.69) is 15.1 Å². The Morgan fingerprint density at radius 2 is 2.19 bits per heavy atom. The fraction of sp³-hybridized carbons (Fsp3) is 0.250. The SMILES string of the molecule is O=C1CCCC1c1nc(-c2ccc3ncccc3c2)no1. The van der Waals surface area contributed by atoms with Crippen molar-refractivity contribution in [3.63, 3.8) is 0 Å². The molecule has 104 valence electrons. The van der Waals surface area contributed by atoms with E-state index in [1.165, 1.54) is 0 Å². The van der Waals surface area contributed by atoms with Crippen LogP contribution in [0.2, 0.25) is 0 Å². The number of pyridine rings is 1. The number of hydrogen-bond acceptors (Lipinski definition) is 5. The summed E-state index contributed by atoms with van der Waals surface area (Å²) in [7, 11) is 0. The fourth-order valence-corrected chi connectivity index (χ4v) is 2.79. The van der Waals surface area contributed by atoms with Crippen molar-refractivity contribution in [3.8, 4) is 11.4 Å². The second-order valence-electron chi connectivity index (χ2n) is 5.28. The Morgan fingerprint density at radius 1 is 1.24 bits per heavy atom. The van der Waals surface area contributed by atoms with E-state index < -0.39 is 0 Å². The zero-order valence-corrected chi connectivity index (χ0v) is 11.3. The van der Waals surface area contributed by atoms with Crippen molar-refractivity contribution in [2.24, 2.45) is 0 Å². The summed E-state index contributed by atoms with van der Waals surface area (Å²) in [4.78, 5) is 20.4. The third kappa shape index (κ3) is 2.11. The number of benzene rings is 1. The molecule has 3 aromatic rings. The van der Waals surface area contributed by atoms with Gasteiger partial charge in [-0.1, -0.05) is 11.2 Å². The van der Waals surface area contributed by atoms with E-state index in [0.717, 1.165) is 29.3 Å². The van der Waals surface area contributed by atoms with E-state index in [0.29, 0.717) is 18.1 Å². The van der Waals surface area contributed by atoms with Crippen LogP contribution in [-0.4, -0.2) is 20.9 Å². The molecule has 21 heavy (non-hydrogen) atoms. The number of nitrogens with zero attached hydrogens (tertiary/aromatic N) is 3. The minimum Gasteiger partial charge on any atom is -0.338 e. The average molecular weight is 279 g/mol. The minimum absolute atomic E-state index is 0.202. The summed E-state index contributed by atoms with van der Waals surface area (Å²) in [5.41, 5.74) is 1.80. The van der Waals surface area contributed by atoms with Gasteiger partial charge in [0.25, 0.3) is 0 Å². The van der Waals surface area contributed by atoms with Crippen molar-refractivity contribution >= 4 is 16.7 Å². The van der Waals surface area contributed by atoms with Crippen LogP contribution in [0.25, 0.3) is 22.3 Å². The van der Waals surface area contributed by atoms with E-state index in [1.807, 2.05) is 30.3 Å². The predicted molar refractivity (Wildman–Crippen MR) is 76.6 cm³/mol. The Morgan fingerprint density at radius 3 is 3.05 bits per heavy atom. The monoisotopic (exact) mass is 279 g/mol. The number of hydrogen-bond donors (Lipinski definition) is 0. The van der Waals surface area contributed by atoms with Crippen molar-refractivity contribution in [3.05, 3.63) is 42.4 Å². The molecular formula is C16H13N3O2. The quantitative estimate of drug-likeness (QED) is 0.721. The smallest absolute Gasteiger partial charge is 0.237 e. The summed E-state index contributed by atoms with van der Waals surface area (Å²) in [5, 5.41) is 5.04. The average Bonchev–Trinajstić information content (AvgIpc) is 3.15. The molecule has 0 saturated heterocycles. The molecule has 1 aliphatic carbocycles. The van der Waals surface area contributed by atoms with Crippen molar-refractivity contribution in [1.29, 1.82) is 0 Å². The van der Waals surface area contributed by atoms with Crippen LogP contribution in [0, 0.1) is 0 Å². The molecule has 5 nitrogen and oxygen atoms in total. The molecule has 1 saturated carbocycles. The maximum Gasteiger partial charge on any atom is 0.237 e. The molecule has 0 spiro atoms. The topological polar surface area (TPSA) is 68.9 Å². The lowest BCUT2D eigenvalue weighted by atomic mass is 10.1. The first-order valence-electron chi connectivity index (χ1n) is 7.03. The summed E-state index contributed by atoms with van der Waals surface area (Å²) in [5.74, 6) is 0.954. The predicted octanol–water partition coefficient (Wildman–Crippen LogP) is 3.12. The Kier molecular flexibility index (Phi) is 2.77. The van der Waals surface area contributed by atoms with Gasteiger partial charge in [0.15, 0.2) is 0 Å². The second kappa shape index (κ2) is 4.77. The highest BCUT2D eigenvalue weighted by molar-refractivity contribution is 5.87. The maximum atomic E-state index is 11.8. The summed E-state index contributed by atoms with van der Waals surface area (Å²) in [6, 6.07) is 9.72. The first-order chi connectivity index (χ1) is 10.3. The van der Waals surface area contributed by atoms with Crippen molar-refractivity contribution in [1.82, 2.24) is 15.1 Å². The number of fused-ring (bicyclic) bond motifs is 1. The maximum absolute atomic E-state index is 11.8. The van der Waals surface area contributed by atoms with Gasteiger partial charge in [-0.05, 0) is 37.1 Å². The fourth-order valence-electron chi connectivity index (χ4n) is 2.79. The molecule has 2 aromatic heterocycles. The number of Topliss-reactive ketones (excluding diaryl/α,β-unsaturated/α-hetero) is 1. The molecular weight excluding hydrogens is 266 g/mol. The van der Waals surface area contributed by atoms with Gasteiger partial charge in [0.2, 0.25) is 11.7 Å². The number of carbonyl (C=O) groups excluding carboxylic acids is 1. The third-order valence-electron chi connectivity index (χ3n) is 3.91. The van der Waals surface area contributed by atoms with E-state index in [9.17, 15) is 4.79 Å². The van der Waals surface area contributed by atoms with Gasteiger partial charge in [0, 0.05) is 23.6 Å². The summed E-state index contributed by atoms with van der Waals surface area (Å²) >= 11 is 0. The van der Waals surface area contributed by atoms with E-state index in [4.69, 9.17) is 4.52 Å². The largest absolute Gasteiger partial charge is 0.338 e. The van der Waals surface area contributed by atoms with Gasteiger partial charge in [-0.25, -0.2) is 0 Å². The number of aromatic nitrogens is 3. The summed E-state index contributed by atoms with van der Waals surface area (Å²) in [6.45, 7) is 0. The summed E-state index contributed by atoms with van der Waals surface area (Å²) in [6.07, 6.45) is 4.09. The zero-order valence-electron chi connectivity index (χ0n) is 11.3. The van der Waals surface area contributed by atoms with Gasteiger partial charge in [0.05, 0.1) is 11.4 Å². The number of carbonyl (C=O) groups is 1. The lowest BCUT2D eigenvalue weighted by molar-refractivity contribution is -0.119. The van der Waals surface area contributed by atoms with Gasteiger partial charge in [-0.3, -0.25) is 9.78 Å². The molecule has 0 aliphatic heterocycles. The second-order valence-corrected chi connectivity index (χ2v) is 5.28. The van der Waals surface area contributed by atoms with Gasteiger partial charge in [-0.15, -0.1) is 0 Å². The molecule has 5 heteroatoms. The molecule has 1 aromatic carbocycles. The number of rotatable bonds is 2. The van der Waals surface area contributed by atoms with Crippen LogP contribution in [0.15, 0.2) is 41.1 Å². The molecule has 0 amide bonds. The molecule has 2 heterocycles. The Bertz CT molecular complexity index is 825. The van der Waals surface area contributed by atoms with Crippen LogP contribution in [-0.2, 0) is 4.79 Å². The van der Waals surface area contributed by atoms with Gasteiger partial charge in [0.1, 0.15) is 5.78 Å². The Labute approximate surface area is 121 Å². The molecule has 4 rings (SSSR count). The van der Waals surface area contributed by atoms with Gasteiger partial charge in [-0.2, -0.15) is 4.98 Å². The van der Waals surface area contributed by atoms with Crippen molar-refractivity contribution in [2.45, 2.75) is 25.2 Å². The lowest BCUT2D eigenvalue weighted by Gasteiger charge is -1.99. The van der Waals surface area contributed by atoms with Crippen molar-refractivity contribution in [2.75, 3.05) is 0 Å². The van der Waals surface area contributed by atoms with Crippen LogP contribution < -0.4 is 0 Å². The molecule has 1 unspecified atom stereocenters. The molecule has 1 aliphatic rings. The first kappa shape index (κ1) is 12.2. The third-order valence-corrected chi connectivity index (χ3v) is 3.91. The zero-order chi connectivity index (χ0) is 14.2. The normalized spacial score (nSPS) is 18.5. The van der Waals surface area contributed by atoms with Gasteiger partial charge < -0.3 is 4.52 Å². The van der Waals surface area contributed by atoms with Crippen LogP contribution in [0.5, 0.6) is 0 Å². The van der Waals surface area contributed by atoms with Crippen LogP contribution in [0.4, 0.5) is 0 Å². The van der Waals surface area contributed by atoms with E-state index in [1.54, 1.807) is 6.20 Å². The van der Waals surface area contributed by atoms with Crippen LogP contribution >= 0.6 is 0 Å². The molecule has 0 bridgehead atoms. The lowest BCUT2D eigenvalue weighted by Crippen LogP contribution is -2.04. The molecule has 1 fully saturated rings. The van der Waals surface area contributed by atoms with Crippen molar-refractivity contribution < 1.29 is 9.32 Å². The highest BCUT2D eigenvalue weighted by Crippen LogP contribution is 2.31. The van der Waals surface area contributed by atoms with Crippen LogP contribution in [0.1, 0.15) is 31.1 Å². The Balaban J connectivity index is 1.72. The van der Waals surface area contributed by atoms with E-state index in [-0.39, 0.29) is 11.7 Å². The molecule has 0 radical (unpaired) electrons. The van der Waals surface area contributed by atoms with Gasteiger partial charge >= 0.3 is 0 Å². The molecule has 0 N–H and O–H groups in total. The Hall–Kier alpha value is -2.56. The highest BCUT2D eigenvalue weighted by Gasteiger charge is 2.31. The van der Waals surface area contributed by atoms with Crippen LogP contribution in [0.3, 0.4) is 0 Å². The highest BCUT2D eigenvalue weighted by atomic mass is 16.5. The molecule has 1 atom stereocenters. The summed E-state index contributed by atoms with van der Waals surface area (Å²) < 4.78 is 5.29. The number of ketones is 1. The van der Waals surface area contributed by atoms with E-state index >= 15 is 0 Å². The standard InChI is InChI=1S/C16H13N3O2/c20-14-5-1-4-12(14)16-18-15(19-21-16)11-6-7-13-10(9-11)3-2-8-17-13/h2-3,6-9,12H,1,4-5H2.